The third-order valence-corrected chi connectivity index (χ3v) is 4.25. The predicted octanol–water partition coefficient (Wildman–Crippen LogP) is 1.36. The van der Waals surface area contributed by atoms with E-state index in [0.717, 1.165) is 25.7 Å². The van der Waals surface area contributed by atoms with Crippen molar-refractivity contribution in [3.05, 3.63) is 0 Å². The van der Waals surface area contributed by atoms with Gasteiger partial charge < -0.3 is 16.2 Å². The third kappa shape index (κ3) is 5.82. The number of carbonyl (C=O) groups excluding carboxylic acids is 1. The van der Waals surface area contributed by atoms with Crippen LogP contribution in [0.25, 0.3) is 0 Å². The van der Waals surface area contributed by atoms with Crippen molar-refractivity contribution in [1.29, 1.82) is 0 Å². The Kier molecular flexibility index (Phi) is 6.65. The number of carboxylic acid groups (broad SMARTS) is 1. The van der Waals surface area contributed by atoms with Crippen LogP contribution in [0.5, 0.6) is 0 Å². The van der Waals surface area contributed by atoms with Gasteiger partial charge >= 0.3 is 5.97 Å². The van der Waals surface area contributed by atoms with Gasteiger partial charge in [-0.05, 0) is 31.3 Å². The van der Waals surface area contributed by atoms with Gasteiger partial charge in [0.05, 0.1) is 0 Å². The van der Waals surface area contributed by atoms with Crippen LogP contribution in [0.15, 0.2) is 0 Å². The molecule has 0 heterocycles. The number of hydrogen-bond donors (Lipinski definition) is 3. The van der Waals surface area contributed by atoms with Crippen molar-refractivity contribution < 1.29 is 14.7 Å². The Balaban J connectivity index is 2.45. The lowest BCUT2D eigenvalue weighted by atomic mass is 9.80. The van der Waals surface area contributed by atoms with Crippen LogP contribution in [0, 0.1) is 0 Å². The molecular formula is C13H24N2O3S. The summed E-state index contributed by atoms with van der Waals surface area (Å²) in [5.74, 6) is -0.500. The number of hydrogen-bond acceptors (Lipinski definition) is 4. The van der Waals surface area contributed by atoms with E-state index in [2.05, 4.69) is 5.32 Å². The first-order valence-electron chi connectivity index (χ1n) is 6.77. The van der Waals surface area contributed by atoms with E-state index < -0.39 is 17.6 Å². The van der Waals surface area contributed by atoms with Crippen LogP contribution in [0.3, 0.4) is 0 Å². The molecule has 5 nitrogen and oxygen atoms in total. The summed E-state index contributed by atoms with van der Waals surface area (Å²) in [4.78, 5) is 23.0. The Bertz CT molecular complexity index is 317. The van der Waals surface area contributed by atoms with Crippen LogP contribution in [0.4, 0.5) is 0 Å². The fraction of sp³-hybridized carbons (Fsp3) is 0.846. The number of thioether (sulfide) groups is 1. The molecule has 1 rings (SSSR count). The summed E-state index contributed by atoms with van der Waals surface area (Å²) in [6.45, 7) is 0. The summed E-state index contributed by atoms with van der Waals surface area (Å²) >= 11 is 1.57. The zero-order chi connectivity index (χ0) is 14.3. The van der Waals surface area contributed by atoms with E-state index >= 15 is 0 Å². The summed E-state index contributed by atoms with van der Waals surface area (Å²) in [5, 5.41) is 11.7. The second-order valence-electron chi connectivity index (χ2n) is 5.34. The van der Waals surface area contributed by atoms with Gasteiger partial charge in [0.1, 0.15) is 6.04 Å². The van der Waals surface area contributed by atoms with Crippen LogP contribution in [-0.4, -0.2) is 40.6 Å². The topological polar surface area (TPSA) is 92.4 Å². The van der Waals surface area contributed by atoms with Gasteiger partial charge in [-0.1, -0.05) is 19.3 Å². The van der Waals surface area contributed by atoms with E-state index in [4.69, 9.17) is 10.8 Å². The Hall–Kier alpha value is -0.750. The molecule has 4 N–H and O–H groups in total. The highest BCUT2D eigenvalue weighted by Crippen LogP contribution is 2.28. The van der Waals surface area contributed by atoms with Gasteiger partial charge in [0.25, 0.3) is 0 Å². The van der Waals surface area contributed by atoms with Gasteiger partial charge in [0, 0.05) is 12.0 Å². The zero-order valence-electron chi connectivity index (χ0n) is 11.5. The highest BCUT2D eigenvalue weighted by molar-refractivity contribution is 7.98. The molecule has 0 aromatic rings. The van der Waals surface area contributed by atoms with Gasteiger partial charge in [0.15, 0.2) is 0 Å². The van der Waals surface area contributed by atoms with E-state index in [1.807, 2.05) is 6.26 Å². The van der Waals surface area contributed by atoms with Crippen molar-refractivity contribution in [1.82, 2.24) is 5.32 Å². The molecule has 0 aliphatic heterocycles. The van der Waals surface area contributed by atoms with E-state index in [1.165, 1.54) is 6.42 Å². The molecular weight excluding hydrogens is 264 g/mol. The number of carboxylic acids is 1. The predicted molar refractivity (Wildman–Crippen MR) is 77.2 cm³/mol. The van der Waals surface area contributed by atoms with E-state index in [1.54, 1.807) is 11.8 Å². The van der Waals surface area contributed by atoms with Crippen LogP contribution in [0.1, 0.15) is 44.9 Å². The maximum absolute atomic E-state index is 11.9. The molecule has 110 valence electrons. The fourth-order valence-corrected chi connectivity index (χ4v) is 2.96. The summed E-state index contributed by atoms with van der Waals surface area (Å²) in [7, 11) is 0. The first kappa shape index (κ1) is 16.3. The maximum Gasteiger partial charge on any atom is 0.326 e. The number of nitrogens with one attached hydrogen (secondary N) is 1. The summed E-state index contributed by atoms with van der Waals surface area (Å²) in [6, 6.07) is -0.799. The lowest BCUT2D eigenvalue weighted by Crippen LogP contribution is -2.49. The van der Waals surface area contributed by atoms with Gasteiger partial charge in [-0.3, -0.25) is 4.79 Å². The molecule has 0 saturated heterocycles. The number of amides is 1. The number of carbonyl (C=O) groups is 2. The molecule has 6 heteroatoms. The van der Waals surface area contributed by atoms with Crippen LogP contribution >= 0.6 is 11.8 Å². The van der Waals surface area contributed by atoms with Crippen molar-refractivity contribution in [2.75, 3.05) is 12.0 Å². The quantitative estimate of drug-likeness (QED) is 0.658. The van der Waals surface area contributed by atoms with Gasteiger partial charge in [-0.25, -0.2) is 4.79 Å². The fourth-order valence-electron chi connectivity index (χ4n) is 2.49. The smallest absolute Gasteiger partial charge is 0.326 e. The molecule has 0 radical (unpaired) electrons. The largest absolute Gasteiger partial charge is 0.480 e. The van der Waals surface area contributed by atoms with E-state index in [0.29, 0.717) is 12.2 Å². The molecule has 0 aromatic carbocycles. The Labute approximate surface area is 118 Å². The van der Waals surface area contributed by atoms with E-state index in [9.17, 15) is 9.59 Å². The zero-order valence-corrected chi connectivity index (χ0v) is 12.3. The second-order valence-corrected chi connectivity index (χ2v) is 6.33. The summed E-state index contributed by atoms with van der Waals surface area (Å²) in [5.41, 5.74) is 5.76. The van der Waals surface area contributed by atoms with Crippen molar-refractivity contribution in [2.24, 2.45) is 5.73 Å². The minimum absolute atomic E-state index is 0.232. The molecule has 1 unspecified atom stereocenters. The molecule has 1 atom stereocenters. The van der Waals surface area contributed by atoms with Crippen molar-refractivity contribution >= 4 is 23.6 Å². The minimum Gasteiger partial charge on any atom is -0.480 e. The molecule has 1 fully saturated rings. The Morgan fingerprint density at radius 1 is 1.37 bits per heavy atom. The van der Waals surface area contributed by atoms with E-state index in [-0.39, 0.29) is 12.3 Å². The molecule has 0 aromatic heterocycles. The average molecular weight is 288 g/mol. The van der Waals surface area contributed by atoms with Crippen LogP contribution < -0.4 is 11.1 Å². The number of aliphatic carboxylic acids is 1. The third-order valence-electron chi connectivity index (χ3n) is 3.61. The SMILES string of the molecule is CSCCC(NC(=O)CC1(N)CCCCC1)C(=O)O. The standard InChI is InChI=1S/C13H24N2O3S/c1-19-8-5-10(12(17)18)15-11(16)9-13(14)6-3-2-4-7-13/h10H,2-9,14H2,1H3,(H,15,16)(H,17,18). The average Bonchev–Trinajstić information content (AvgIpc) is 2.34. The monoisotopic (exact) mass is 288 g/mol. The van der Waals surface area contributed by atoms with Crippen molar-refractivity contribution in [3.63, 3.8) is 0 Å². The molecule has 19 heavy (non-hydrogen) atoms. The van der Waals surface area contributed by atoms with Gasteiger partial charge in [-0.15, -0.1) is 0 Å². The van der Waals surface area contributed by atoms with Crippen LogP contribution in [-0.2, 0) is 9.59 Å². The Morgan fingerprint density at radius 3 is 2.53 bits per heavy atom. The highest BCUT2D eigenvalue weighted by atomic mass is 32.2. The lowest BCUT2D eigenvalue weighted by Gasteiger charge is -2.33. The first-order valence-corrected chi connectivity index (χ1v) is 8.16. The molecule has 1 aliphatic rings. The Morgan fingerprint density at radius 2 is 2.00 bits per heavy atom. The summed E-state index contributed by atoms with van der Waals surface area (Å²) in [6.07, 6.45) is 7.57. The normalized spacial score (nSPS) is 19.7. The number of nitrogens with two attached hydrogens (primary N) is 1. The lowest BCUT2D eigenvalue weighted by molar-refractivity contribution is -0.142. The highest BCUT2D eigenvalue weighted by Gasteiger charge is 2.31. The van der Waals surface area contributed by atoms with Crippen LogP contribution in [0.2, 0.25) is 0 Å². The van der Waals surface area contributed by atoms with Crippen molar-refractivity contribution in [2.45, 2.75) is 56.5 Å². The van der Waals surface area contributed by atoms with Gasteiger partial charge in [-0.2, -0.15) is 11.8 Å². The molecule has 1 amide bonds. The second kappa shape index (κ2) is 7.75. The maximum atomic E-state index is 11.9. The summed E-state index contributed by atoms with van der Waals surface area (Å²) < 4.78 is 0. The molecule has 1 aliphatic carbocycles. The van der Waals surface area contributed by atoms with Crippen molar-refractivity contribution in [3.8, 4) is 0 Å². The number of rotatable bonds is 7. The van der Waals surface area contributed by atoms with Gasteiger partial charge in [0.2, 0.25) is 5.91 Å². The minimum atomic E-state index is -0.975. The molecule has 0 spiro atoms. The molecule has 1 saturated carbocycles. The first-order chi connectivity index (χ1) is 8.97. The molecule has 0 bridgehead atoms.